The van der Waals surface area contributed by atoms with Crippen molar-refractivity contribution in [3.05, 3.63) is 33.0 Å². The molecule has 0 atom stereocenters. The van der Waals surface area contributed by atoms with Crippen molar-refractivity contribution < 1.29 is 9.18 Å². The van der Waals surface area contributed by atoms with E-state index in [1.807, 2.05) is 0 Å². The van der Waals surface area contributed by atoms with E-state index in [0.717, 1.165) is 0 Å². The van der Waals surface area contributed by atoms with Gasteiger partial charge in [0.2, 0.25) is 0 Å². The van der Waals surface area contributed by atoms with E-state index in [9.17, 15) is 9.18 Å². The van der Waals surface area contributed by atoms with Crippen molar-refractivity contribution >= 4 is 33.3 Å². The molecule has 0 fully saturated rings. The summed E-state index contributed by atoms with van der Waals surface area (Å²) in [4.78, 5) is 10.8. The SMILES string of the molecule is CC(=O)Cc1cc(Br)cc(F)c1Cl. The molecular formula is C9H7BrClFO. The summed E-state index contributed by atoms with van der Waals surface area (Å²) in [5.74, 6) is -0.549. The highest BCUT2D eigenvalue weighted by Gasteiger charge is 2.09. The van der Waals surface area contributed by atoms with E-state index in [1.165, 1.54) is 13.0 Å². The van der Waals surface area contributed by atoms with Crippen molar-refractivity contribution in [2.75, 3.05) is 0 Å². The van der Waals surface area contributed by atoms with Crippen LogP contribution in [0.2, 0.25) is 5.02 Å². The van der Waals surface area contributed by atoms with Crippen LogP contribution in [-0.2, 0) is 11.2 Å². The zero-order valence-corrected chi connectivity index (χ0v) is 9.25. The number of ketones is 1. The first-order valence-corrected chi connectivity index (χ1v) is 4.80. The van der Waals surface area contributed by atoms with Gasteiger partial charge < -0.3 is 0 Å². The fraction of sp³-hybridized carbons (Fsp3) is 0.222. The van der Waals surface area contributed by atoms with Crippen LogP contribution in [0.15, 0.2) is 16.6 Å². The Hall–Kier alpha value is -0.410. The van der Waals surface area contributed by atoms with Gasteiger partial charge in [0.25, 0.3) is 0 Å². The van der Waals surface area contributed by atoms with Crippen LogP contribution in [0.5, 0.6) is 0 Å². The lowest BCUT2D eigenvalue weighted by atomic mass is 10.1. The molecular weight excluding hydrogens is 258 g/mol. The summed E-state index contributed by atoms with van der Waals surface area (Å²) in [7, 11) is 0. The Balaban J connectivity index is 3.12. The first kappa shape index (κ1) is 10.7. The van der Waals surface area contributed by atoms with E-state index in [4.69, 9.17) is 11.6 Å². The minimum Gasteiger partial charge on any atom is -0.300 e. The fourth-order valence-corrected chi connectivity index (χ4v) is 1.66. The third-order valence-electron chi connectivity index (χ3n) is 1.51. The Morgan fingerprint density at radius 3 is 2.77 bits per heavy atom. The van der Waals surface area contributed by atoms with Crippen molar-refractivity contribution in [2.45, 2.75) is 13.3 Å². The number of hydrogen-bond acceptors (Lipinski definition) is 1. The molecule has 0 unspecified atom stereocenters. The Kier molecular flexibility index (Phi) is 3.45. The van der Waals surface area contributed by atoms with Gasteiger partial charge in [-0.25, -0.2) is 4.39 Å². The van der Waals surface area contributed by atoms with Gasteiger partial charge in [-0.15, -0.1) is 0 Å². The van der Waals surface area contributed by atoms with Gasteiger partial charge in [-0.05, 0) is 24.6 Å². The van der Waals surface area contributed by atoms with Crippen LogP contribution in [0.1, 0.15) is 12.5 Å². The van der Waals surface area contributed by atoms with Gasteiger partial charge >= 0.3 is 0 Å². The third kappa shape index (κ3) is 2.78. The Morgan fingerprint density at radius 1 is 1.62 bits per heavy atom. The van der Waals surface area contributed by atoms with Crippen LogP contribution in [0.3, 0.4) is 0 Å². The summed E-state index contributed by atoms with van der Waals surface area (Å²) in [6.45, 7) is 1.44. The fourth-order valence-electron chi connectivity index (χ4n) is 1.01. The molecule has 0 aromatic heterocycles. The molecule has 0 spiro atoms. The van der Waals surface area contributed by atoms with E-state index in [1.54, 1.807) is 6.07 Å². The van der Waals surface area contributed by atoms with Gasteiger partial charge in [0, 0.05) is 10.9 Å². The van der Waals surface area contributed by atoms with Crippen LogP contribution in [0.25, 0.3) is 0 Å². The molecule has 0 amide bonds. The molecule has 0 aliphatic rings. The zero-order chi connectivity index (χ0) is 10.0. The average molecular weight is 266 g/mol. The molecule has 13 heavy (non-hydrogen) atoms. The van der Waals surface area contributed by atoms with Crippen molar-refractivity contribution in [1.82, 2.24) is 0 Å². The minimum absolute atomic E-state index is 0.0263. The topological polar surface area (TPSA) is 17.1 Å². The van der Waals surface area contributed by atoms with E-state index < -0.39 is 5.82 Å². The maximum atomic E-state index is 13.0. The maximum absolute atomic E-state index is 13.0. The van der Waals surface area contributed by atoms with Gasteiger partial charge in [-0.1, -0.05) is 27.5 Å². The van der Waals surface area contributed by atoms with Crippen molar-refractivity contribution in [2.24, 2.45) is 0 Å². The summed E-state index contributed by atoms with van der Waals surface area (Å²) in [5.41, 5.74) is 0.515. The number of benzene rings is 1. The molecule has 70 valence electrons. The normalized spacial score (nSPS) is 10.2. The Bertz CT molecular complexity index is 352. The van der Waals surface area contributed by atoms with Crippen molar-refractivity contribution in [3.63, 3.8) is 0 Å². The highest BCUT2D eigenvalue weighted by molar-refractivity contribution is 9.10. The van der Waals surface area contributed by atoms with Crippen LogP contribution in [0.4, 0.5) is 4.39 Å². The molecule has 1 nitrogen and oxygen atoms in total. The third-order valence-corrected chi connectivity index (χ3v) is 2.39. The monoisotopic (exact) mass is 264 g/mol. The largest absolute Gasteiger partial charge is 0.300 e. The van der Waals surface area contributed by atoms with E-state index >= 15 is 0 Å². The molecule has 1 aromatic rings. The lowest BCUT2D eigenvalue weighted by molar-refractivity contribution is -0.116. The molecule has 0 bridgehead atoms. The van der Waals surface area contributed by atoms with E-state index in [-0.39, 0.29) is 17.2 Å². The first-order chi connectivity index (χ1) is 6.00. The highest BCUT2D eigenvalue weighted by Crippen LogP contribution is 2.25. The van der Waals surface area contributed by atoms with E-state index in [2.05, 4.69) is 15.9 Å². The van der Waals surface area contributed by atoms with Crippen LogP contribution in [-0.4, -0.2) is 5.78 Å². The minimum atomic E-state index is -0.507. The average Bonchev–Trinajstić information content (AvgIpc) is 1.98. The Labute approximate surface area is 89.0 Å². The molecule has 1 rings (SSSR count). The van der Waals surface area contributed by atoms with Crippen LogP contribution in [0, 0.1) is 5.82 Å². The molecule has 4 heteroatoms. The van der Waals surface area contributed by atoms with Crippen LogP contribution < -0.4 is 0 Å². The number of rotatable bonds is 2. The molecule has 0 N–H and O–H groups in total. The maximum Gasteiger partial charge on any atom is 0.143 e. The standard InChI is InChI=1S/C9H7BrClFO/c1-5(13)2-6-3-7(10)4-8(12)9(6)11/h3-4H,2H2,1H3. The molecule has 0 radical (unpaired) electrons. The summed E-state index contributed by atoms with van der Waals surface area (Å²) < 4.78 is 13.6. The molecule has 0 aliphatic carbocycles. The molecule has 0 saturated carbocycles. The number of Topliss-reactive ketones (excluding diaryl/α,β-unsaturated/α-hetero) is 1. The highest BCUT2D eigenvalue weighted by atomic mass is 79.9. The van der Waals surface area contributed by atoms with Gasteiger partial charge in [0.15, 0.2) is 0 Å². The quantitative estimate of drug-likeness (QED) is 0.749. The lowest BCUT2D eigenvalue weighted by Crippen LogP contribution is -1.98. The second kappa shape index (κ2) is 4.20. The second-order valence-corrected chi connectivity index (χ2v) is 4.03. The summed E-state index contributed by atoms with van der Waals surface area (Å²) in [6.07, 6.45) is 0.162. The van der Waals surface area contributed by atoms with Crippen LogP contribution >= 0.6 is 27.5 Å². The molecule has 0 saturated heterocycles. The van der Waals surface area contributed by atoms with E-state index in [0.29, 0.717) is 10.0 Å². The predicted molar refractivity (Wildman–Crippen MR) is 53.5 cm³/mol. The summed E-state index contributed by atoms with van der Waals surface area (Å²) >= 11 is 8.79. The second-order valence-electron chi connectivity index (χ2n) is 2.74. The first-order valence-electron chi connectivity index (χ1n) is 3.63. The molecule has 0 aliphatic heterocycles. The number of carbonyl (C=O) groups is 1. The van der Waals surface area contributed by atoms with Gasteiger partial charge in [-0.3, -0.25) is 4.79 Å². The van der Waals surface area contributed by atoms with Crippen molar-refractivity contribution in [1.29, 1.82) is 0 Å². The van der Waals surface area contributed by atoms with Crippen molar-refractivity contribution in [3.8, 4) is 0 Å². The number of hydrogen-bond donors (Lipinski definition) is 0. The Morgan fingerprint density at radius 2 is 2.23 bits per heavy atom. The lowest BCUT2D eigenvalue weighted by Gasteiger charge is -2.03. The zero-order valence-electron chi connectivity index (χ0n) is 6.90. The van der Waals surface area contributed by atoms with Gasteiger partial charge in [-0.2, -0.15) is 0 Å². The summed E-state index contributed by atoms with van der Waals surface area (Å²) in [6, 6.07) is 2.92. The summed E-state index contributed by atoms with van der Waals surface area (Å²) in [5, 5.41) is 0.0263. The number of carbonyl (C=O) groups excluding carboxylic acids is 1. The smallest absolute Gasteiger partial charge is 0.143 e. The molecule has 1 aromatic carbocycles. The number of halogens is 3. The van der Waals surface area contributed by atoms with Gasteiger partial charge in [0.1, 0.15) is 11.6 Å². The predicted octanol–water partition coefficient (Wildman–Crippen LogP) is 3.37. The van der Waals surface area contributed by atoms with Gasteiger partial charge in [0.05, 0.1) is 5.02 Å². The molecule has 0 heterocycles.